The number of sulfonamides is 1. The normalized spacial score (nSPS) is 12.9. The van der Waals surface area contributed by atoms with Gasteiger partial charge < -0.3 is 5.32 Å². The van der Waals surface area contributed by atoms with Gasteiger partial charge in [-0.15, -0.1) is 0 Å². The zero-order chi connectivity index (χ0) is 15.0. The molecule has 0 fully saturated rings. The number of hydrogen-bond acceptors (Lipinski definition) is 5. The maximum Gasteiger partial charge on any atom is 0.242 e. The average Bonchev–Trinajstić information content (AvgIpc) is 2.44. The number of nitrogens with zero attached hydrogens (tertiary/aromatic N) is 1. The third-order valence-electron chi connectivity index (χ3n) is 2.56. The van der Waals surface area contributed by atoms with Crippen molar-refractivity contribution >= 4 is 33.4 Å². The lowest BCUT2D eigenvalue weighted by Crippen LogP contribution is -2.44. The van der Waals surface area contributed by atoms with Crippen molar-refractivity contribution in [3.63, 3.8) is 0 Å². The fourth-order valence-corrected chi connectivity index (χ4v) is 2.74. The summed E-state index contributed by atoms with van der Waals surface area (Å²) in [4.78, 5) is 16.0. The van der Waals surface area contributed by atoms with Gasteiger partial charge in [0.05, 0.1) is 17.6 Å². The zero-order valence-electron chi connectivity index (χ0n) is 11.5. The van der Waals surface area contributed by atoms with Gasteiger partial charge in [0.25, 0.3) is 0 Å². The molecule has 1 amide bonds. The lowest BCUT2D eigenvalue weighted by atomic mass is 10.2. The molecule has 8 heteroatoms. The van der Waals surface area contributed by atoms with Crippen molar-refractivity contribution in [2.75, 3.05) is 23.1 Å². The van der Waals surface area contributed by atoms with E-state index >= 15 is 0 Å². The topological polar surface area (TPSA) is 88.2 Å². The third kappa shape index (κ3) is 5.89. The van der Waals surface area contributed by atoms with Crippen LogP contribution in [0.4, 0.5) is 5.69 Å². The first-order chi connectivity index (χ1) is 9.48. The van der Waals surface area contributed by atoms with Gasteiger partial charge in [0.1, 0.15) is 6.04 Å². The highest BCUT2D eigenvalue weighted by Crippen LogP contribution is 2.08. The minimum atomic E-state index is -3.42. The molecule has 1 atom stereocenters. The monoisotopic (exact) mass is 317 g/mol. The maximum absolute atomic E-state index is 12.1. The summed E-state index contributed by atoms with van der Waals surface area (Å²) in [7, 11) is -3.42. The van der Waals surface area contributed by atoms with Gasteiger partial charge in [0.2, 0.25) is 15.9 Å². The molecule has 2 N–H and O–H groups in total. The second-order valence-corrected chi connectivity index (χ2v) is 7.11. The first-order valence-electron chi connectivity index (χ1n) is 6.18. The number of pyridine rings is 1. The Balaban J connectivity index is 2.74. The molecule has 0 radical (unpaired) electrons. The van der Waals surface area contributed by atoms with E-state index in [4.69, 9.17) is 0 Å². The second-order valence-electron chi connectivity index (χ2n) is 4.09. The highest BCUT2D eigenvalue weighted by molar-refractivity contribution is 7.98. The van der Waals surface area contributed by atoms with Crippen LogP contribution >= 0.6 is 11.8 Å². The van der Waals surface area contributed by atoms with E-state index in [9.17, 15) is 13.2 Å². The number of hydrogen-bond donors (Lipinski definition) is 2. The van der Waals surface area contributed by atoms with Gasteiger partial charge in [-0.2, -0.15) is 11.8 Å². The van der Waals surface area contributed by atoms with E-state index in [1.807, 2.05) is 6.26 Å². The van der Waals surface area contributed by atoms with Crippen molar-refractivity contribution in [2.24, 2.45) is 0 Å². The third-order valence-corrected chi connectivity index (χ3v) is 4.61. The lowest BCUT2D eigenvalue weighted by molar-refractivity contribution is -0.117. The molecule has 20 heavy (non-hydrogen) atoms. The van der Waals surface area contributed by atoms with Gasteiger partial charge in [0, 0.05) is 6.20 Å². The molecule has 0 aliphatic carbocycles. The molecule has 0 bridgehead atoms. The quantitative estimate of drug-likeness (QED) is 0.749. The number of nitrogens with one attached hydrogen (secondary N) is 2. The molecule has 1 aromatic rings. The smallest absolute Gasteiger partial charge is 0.242 e. The van der Waals surface area contributed by atoms with Crippen LogP contribution in [0.2, 0.25) is 0 Å². The van der Waals surface area contributed by atoms with Crippen LogP contribution < -0.4 is 10.0 Å². The summed E-state index contributed by atoms with van der Waals surface area (Å²) < 4.78 is 25.7. The Kier molecular flexibility index (Phi) is 6.97. The van der Waals surface area contributed by atoms with Gasteiger partial charge in [-0.25, -0.2) is 13.1 Å². The number of amides is 1. The van der Waals surface area contributed by atoms with Crippen LogP contribution in [0.3, 0.4) is 0 Å². The van der Waals surface area contributed by atoms with E-state index in [-0.39, 0.29) is 11.7 Å². The molecular formula is C12H19N3O3S2. The van der Waals surface area contributed by atoms with Crippen LogP contribution in [-0.4, -0.2) is 43.1 Å². The zero-order valence-corrected chi connectivity index (χ0v) is 13.1. The molecule has 0 aromatic carbocycles. The Hall–Kier alpha value is -1.12. The average molecular weight is 317 g/mol. The van der Waals surface area contributed by atoms with E-state index in [2.05, 4.69) is 15.0 Å². The van der Waals surface area contributed by atoms with Crippen molar-refractivity contribution in [2.45, 2.75) is 19.4 Å². The number of thioether (sulfide) groups is 1. The minimum absolute atomic E-state index is 0.0526. The summed E-state index contributed by atoms with van der Waals surface area (Å²) in [6.07, 6.45) is 5.45. The minimum Gasteiger partial charge on any atom is -0.323 e. The second kappa shape index (κ2) is 8.23. The van der Waals surface area contributed by atoms with E-state index in [0.717, 1.165) is 0 Å². The highest BCUT2D eigenvalue weighted by Gasteiger charge is 2.23. The number of aromatic nitrogens is 1. The Morgan fingerprint density at radius 1 is 1.50 bits per heavy atom. The summed E-state index contributed by atoms with van der Waals surface area (Å²) >= 11 is 1.56. The molecule has 0 aliphatic rings. The Morgan fingerprint density at radius 2 is 2.25 bits per heavy atom. The van der Waals surface area contributed by atoms with Gasteiger partial charge >= 0.3 is 0 Å². The van der Waals surface area contributed by atoms with E-state index < -0.39 is 16.1 Å². The molecule has 0 aliphatic heterocycles. The standard InChI is InChI=1S/C12H19N3O3S2/c1-3-20(17,18)15-11(6-8-19-2)12(16)14-10-5-4-7-13-9-10/h4-5,7,9,11,15H,3,6,8H2,1-2H3,(H,14,16)/t11-/m0/s1. The molecular weight excluding hydrogens is 298 g/mol. The van der Waals surface area contributed by atoms with Crippen molar-refractivity contribution in [3.8, 4) is 0 Å². The van der Waals surface area contributed by atoms with E-state index in [1.54, 1.807) is 30.1 Å². The number of rotatable bonds is 8. The van der Waals surface area contributed by atoms with Crippen LogP contribution in [0.25, 0.3) is 0 Å². The van der Waals surface area contributed by atoms with Crippen LogP contribution in [0, 0.1) is 0 Å². The summed E-state index contributed by atoms with van der Waals surface area (Å²) in [6, 6.07) is 2.63. The first kappa shape index (κ1) is 16.9. The van der Waals surface area contributed by atoms with Crippen LogP contribution in [-0.2, 0) is 14.8 Å². The molecule has 6 nitrogen and oxygen atoms in total. The number of carbonyl (C=O) groups is 1. The van der Waals surface area contributed by atoms with Crippen molar-refractivity contribution in [1.82, 2.24) is 9.71 Å². The van der Waals surface area contributed by atoms with E-state index in [0.29, 0.717) is 17.9 Å². The largest absolute Gasteiger partial charge is 0.323 e. The lowest BCUT2D eigenvalue weighted by Gasteiger charge is -2.17. The molecule has 0 saturated heterocycles. The summed E-state index contributed by atoms with van der Waals surface area (Å²) in [5.41, 5.74) is 0.544. The Labute approximate surface area is 123 Å². The van der Waals surface area contributed by atoms with Gasteiger partial charge in [-0.05, 0) is 37.5 Å². The molecule has 1 aromatic heterocycles. The van der Waals surface area contributed by atoms with Gasteiger partial charge in [-0.3, -0.25) is 9.78 Å². The SMILES string of the molecule is CCS(=O)(=O)N[C@@H](CCSC)C(=O)Nc1cccnc1. The van der Waals surface area contributed by atoms with Gasteiger partial charge in [0.15, 0.2) is 0 Å². The van der Waals surface area contributed by atoms with Crippen molar-refractivity contribution in [3.05, 3.63) is 24.5 Å². The summed E-state index contributed by atoms with van der Waals surface area (Å²) in [6.45, 7) is 1.53. The van der Waals surface area contributed by atoms with Crippen LogP contribution in [0.1, 0.15) is 13.3 Å². The summed E-state index contributed by atoms with van der Waals surface area (Å²) in [5, 5.41) is 2.66. The molecule has 0 unspecified atom stereocenters. The fraction of sp³-hybridized carbons (Fsp3) is 0.500. The first-order valence-corrected chi connectivity index (χ1v) is 9.23. The Bertz CT molecular complexity index is 520. The van der Waals surface area contributed by atoms with Crippen LogP contribution in [0.5, 0.6) is 0 Å². The predicted molar refractivity (Wildman–Crippen MR) is 82.3 cm³/mol. The molecule has 0 spiro atoms. The van der Waals surface area contributed by atoms with Crippen molar-refractivity contribution in [1.29, 1.82) is 0 Å². The summed E-state index contributed by atoms with van der Waals surface area (Å²) in [5.74, 6) is 0.268. The van der Waals surface area contributed by atoms with Crippen molar-refractivity contribution < 1.29 is 13.2 Å². The van der Waals surface area contributed by atoms with E-state index in [1.165, 1.54) is 13.1 Å². The molecule has 0 saturated carbocycles. The molecule has 1 heterocycles. The Morgan fingerprint density at radius 3 is 2.80 bits per heavy atom. The predicted octanol–water partition coefficient (Wildman–Crippen LogP) is 1.08. The maximum atomic E-state index is 12.1. The number of carbonyl (C=O) groups excluding carboxylic acids is 1. The van der Waals surface area contributed by atoms with Crippen LogP contribution in [0.15, 0.2) is 24.5 Å². The molecule has 112 valence electrons. The highest BCUT2D eigenvalue weighted by atomic mass is 32.2. The van der Waals surface area contributed by atoms with Gasteiger partial charge in [-0.1, -0.05) is 0 Å². The molecule has 1 rings (SSSR count). The fourth-order valence-electron chi connectivity index (χ4n) is 1.45. The number of anilines is 1.